The molecule has 0 bridgehead atoms. The van der Waals surface area contributed by atoms with Gasteiger partial charge >= 0.3 is 0 Å². The van der Waals surface area contributed by atoms with Crippen molar-refractivity contribution >= 4 is 11.6 Å². The normalized spacial score (nSPS) is 12.8. The molecule has 0 saturated carbocycles. The first-order valence-corrected chi connectivity index (χ1v) is 10.3. The van der Waals surface area contributed by atoms with E-state index in [1.807, 2.05) is 25.1 Å². The number of carbonyl (C=O) groups is 1. The Kier molecular flexibility index (Phi) is 4.75. The van der Waals surface area contributed by atoms with E-state index < -0.39 is 0 Å². The number of rotatable bonds is 5. The third-order valence-corrected chi connectivity index (χ3v) is 5.71. The molecule has 6 nitrogen and oxygen atoms in total. The van der Waals surface area contributed by atoms with Crippen molar-refractivity contribution in [3.05, 3.63) is 82.9 Å². The van der Waals surface area contributed by atoms with Gasteiger partial charge in [0, 0.05) is 30.2 Å². The lowest BCUT2D eigenvalue weighted by atomic mass is 10.0. The van der Waals surface area contributed by atoms with Gasteiger partial charge in [-0.2, -0.15) is 5.10 Å². The fraction of sp³-hybridized carbons (Fsp3) is 0.250. The number of nitrogens with one attached hydrogen (secondary N) is 1. The highest BCUT2D eigenvalue weighted by Gasteiger charge is 2.17. The average Bonchev–Trinajstić information content (AvgIpc) is 3.41. The lowest BCUT2D eigenvalue weighted by molar-refractivity contribution is 0.0955. The van der Waals surface area contributed by atoms with E-state index in [2.05, 4.69) is 33.6 Å². The lowest BCUT2D eigenvalue weighted by Crippen LogP contribution is -2.25. The van der Waals surface area contributed by atoms with E-state index in [-0.39, 0.29) is 5.91 Å². The van der Waals surface area contributed by atoms with Gasteiger partial charge in [-0.3, -0.25) is 9.78 Å². The van der Waals surface area contributed by atoms with Gasteiger partial charge in [0.25, 0.3) is 5.91 Å². The van der Waals surface area contributed by atoms with Crippen LogP contribution in [0, 0.1) is 6.92 Å². The van der Waals surface area contributed by atoms with Gasteiger partial charge in [0.2, 0.25) is 0 Å². The van der Waals surface area contributed by atoms with Crippen LogP contribution in [-0.2, 0) is 19.3 Å². The van der Waals surface area contributed by atoms with Crippen LogP contribution in [0.25, 0.3) is 16.9 Å². The van der Waals surface area contributed by atoms with E-state index in [1.54, 1.807) is 23.1 Å². The van der Waals surface area contributed by atoms with Crippen molar-refractivity contribution in [3.63, 3.8) is 0 Å². The quantitative estimate of drug-likeness (QED) is 0.559. The standard InChI is InChI=1S/C24H23N5O/c1-16-12-22(20-6-3-10-25-14-20)28-23-21(15-27-29(16)23)24(30)26-11-9-17-7-8-18-4-2-5-19(18)13-17/h3,6-8,10,12-15H,2,4-5,9,11H2,1H3,(H,26,30). The molecular weight excluding hydrogens is 374 g/mol. The Hall–Kier alpha value is -3.54. The summed E-state index contributed by atoms with van der Waals surface area (Å²) in [6.07, 6.45) is 9.51. The minimum Gasteiger partial charge on any atom is -0.352 e. The molecule has 1 aliphatic carbocycles. The summed E-state index contributed by atoms with van der Waals surface area (Å²) in [6.45, 7) is 2.54. The van der Waals surface area contributed by atoms with Crippen LogP contribution < -0.4 is 5.32 Å². The second-order valence-electron chi connectivity index (χ2n) is 7.78. The number of fused-ring (bicyclic) bond motifs is 2. The number of benzene rings is 1. The summed E-state index contributed by atoms with van der Waals surface area (Å²) in [5, 5.41) is 7.38. The number of aromatic nitrogens is 4. The van der Waals surface area contributed by atoms with Crippen LogP contribution in [0.3, 0.4) is 0 Å². The van der Waals surface area contributed by atoms with Crippen LogP contribution in [0.4, 0.5) is 0 Å². The van der Waals surface area contributed by atoms with E-state index in [4.69, 9.17) is 4.98 Å². The predicted octanol–water partition coefficient (Wildman–Crippen LogP) is 3.56. The molecule has 4 aromatic rings. The summed E-state index contributed by atoms with van der Waals surface area (Å²) in [5.74, 6) is -0.151. The van der Waals surface area contributed by atoms with Gasteiger partial charge < -0.3 is 5.32 Å². The first-order chi connectivity index (χ1) is 14.7. The topological polar surface area (TPSA) is 72.2 Å². The number of pyridine rings is 1. The number of hydrogen-bond acceptors (Lipinski definition) is 4. The van der Waals surface area contributed by atoms with Crippen molar-refractivity contribution in [2.75, 3.05) is 6.54 Å². The second-order valence-corrected chi connectivity index (χ2v) is 7.78. The third-order valence-electron chi connectivity index (χ3n) is 5.71. The van der Waals surface area contributed by atoms with Crippen molar-refractivity contribution in [2.45, 2.75) is 32.6 Å². The molecule has 0 aliphatic heterocycles. The van der Waals surface area contributed by atoms with Gasteiger partial charge in [0.15, 0.2) is 5.65 Å². The molecule has 1 N–H and O–H groups in total. The summed E-state index contributed by atoms with van der Waals surface area (Å²) >= 11 is 0. The maximum absolute atomic E-state index is 12.8. The van der Waals surface area contributed by atoms with Crippen LogP contribution in [0.1, 0.15) is 39.2 Å². The largest absolute Gasteiger partial charge is 0.352 e. The van der Waals surface area contributed by atoms with Crippen molar-refractivity contribution in [3.8, 4) is 11.3 Å². The Morgan fingerprint density at radius 2 is 2.03 bits per heavy atom. The average molecular weight is 397 g/mol. The first kappa shape index (κ1) is 18.5. The highest BCUT2D eigenvalue weighted by Crippen LogP contribution is 2.23. The summed E-state index contributed by atoms with van der Waals surface area (Å²) in [5.41, 5.74) is 7.85. The molecule has 0 saturated heterocycles. The Balaban J connectivity index is 1.34. The van der Waals surface area contributed by atoms with Gasteiger partial charge in [0.05, 0.1) is 11.9 Å². The van der Waals surface area contributed by atoms with Crippen LogP contribution in [0.5, 0.6) is 0 Å². The molecule has 1 amide bonds. The summed E-state index contributed by atoms with van der Waals surface area (Å²) < 4.78 is 1.70. The Morgan fingerprint density at radius 1 is 1.13 bits per heavy atom. The highest BCUT2D eigenvalue weighted by atomic mass is 16.1. The molecule has 1 aromatic carbocycles. The molecule has 6 heteroatoms. The smallest absolute Gasteiger partial charge is 0.256 e. The van der Waals surface area contributed by atoms with Gasteiger partial charge in [0.1, 0.15) is 5.56 Å². The van der Waals surface area contributed by atoms with Crippen molar-refractivity contribution in [1.29, 1.82) is 0 Å². The van der Waals surface area contributed by atoms with Crippen LogP contribution >= 0.6 is 0 Å². The van der Waals surface area contributed by atoms with Crippen LogP contribution in [-0.4, -0.2) is 32.0 Å². The molecule has 3 heterocycles. The summed E-state index contributed by atoms with van der Waals surface area (Å²) in [7, 11) is 0. The fourth-order valence-corrected chi connectivity index (χ4v) is 4.13. The molecule has 0 spiro atoms. The number of amides is 1. The minimum atomic E-state index is -0.151. The zero-order valence-electron chi connectivity index (χ0n) is 16.9. The van der Waals surface area contributed by atoms with Crippen molar-refractivity contribution in [1.82, 2.24) is 24.9 Å². The Labute approximate surface area is 175 Å². The molecule has 3 aromatic heterocycles. The maximum Gasteiger partial charge on any atom is 0.256 e. The zero-order valence-corrected chi connectivity index (χ0v) is 16.9. The Bertz CT molecular complexity index is 1230. The number of carbonyl (C=O) groups excluding carboxylic acids is 1. The molecule has 150 valence electrons. The van der Waals surface area contributed by atoms with Gasteiger partial charge in [-0.25, -0.2) is 9.50 Å². The first-order valence-electron chi connectivity index (χ1n) is 10.3. The highest BCUT2D eigenvalue weighted by molar-refractivity contribution is 5.99. The van der Waals surface area contributed by atoms with E-state index in [9.17, 15) is 4.79 Å². The zero-order chi connectivity index (χ0) is 20.5. The molecule has 0 unspecified atom stereocenters. The van der Waals surface area contributed by atoms with Crippen LogP contribution in [0.2, 0.25) is 0 Å². The number of hydrogen-bond donors (Lipinski definition) is 1. The van der Waals surface area contributed by atoms with Crippen molar-refractivity contribution < 1.29 is 4.79 Å². The monoisotopic (exact) mass is 397 g/mol. The fourth-order valence-electron chi connectivity index (χ4n) is 4.13. The van der Waals surface area contributed by atoms with E-state index >= 15 is 0 Å². The van der Waals surface area contributed by atoms with Gasteiger partial charge in [-0.15, -0.1) is 0 Å². The molecular formula is C24H23N5O. The maximum atomic E-state index is 12.8. The van der Waals surface area contributed by atoms with Crippen molar-refractivity contribution in [2.24, 2.45) is 0 Å². The molecule has 0 radical (unpaired) electrons. The third kappa shape index (κ3) is 3.45. The van der Waals surface area contributed by atoms with E-state index in [0.29, 0.717) is 17.8 Å². The number of nitrogens with zero attached hydrogens (tertiary/aromatic N) is 4. The molecule has 0 fully saturated rings. The lowest BCUT2D eigenvalue weighted by Gasteiger charge is -2.08. The molecule has 0 atom stereocenters. The summed E-state index contributed by atoms with van der Waals surface area (Å²) in [4.78, 5) is 21.7. The Morgan fingerprint density at radius 3 is 2.90 bits per heavy atom. The number of aryl methyl sites for hydroxylation is 3. The second kappa shape index (κ2) is 7.71. The van der Waals surface area contributed by atoms with Crippen LogP contribution in [0.15, 0.2) is 55.0 Å². The van der Waals surface area contributed by atoms with Gasteiger partial charge in [-0.05, 0) is 67.5 Å². The van der Waals surface area contributed by atoms with Gasteiger partial charge in [-0.1, -0.05) is 18.2 Å². The predicted molar refractivity (Wildman–Crippen MR) is 115 cm³/mol. The molecule has 1 aliphatic rings. The van der Waals surface area contributed by atoms with E-state index in [1.165, 1.54) is 36.0 Å². The SMILES string of the molecule is Cc1cc(-c2cccnc2)nc2c(C(=O)NCCc3ccc4c(c3)CCC4)cnn12. The van der Waals surface area contributed by atoms with E-state index in [0.717, 1.165) is 23.4 Å². The summed E-state index contributed by atoms with van der Waals surface area (Å²) in [6, 6.07) is 12.5. The molecule has 5 rings (SSSR count). The minimum absolute atomic E-state index is 0.151. The molecule has 30 heavy (non-hydrogen) atoms.